The molecule has 1 heterocycles. The van der Waals surface area contributed by atoms with Gasteiger partial charge in [-0.1, -0.05) is 26.0 Å². The fraction of sp³-hybridized carbons (Fsp3) is 0.556. The lowest BCUT2D eigenvalue weighted by atomic mass is 10.0. The smallest absolute Gasteiger partial charge is 0.223 e. The Morgan fingerprint density at radius 3 is 2.91 bits per heavy atom. The molecule has 23 heavy (non-hydrogen) atoms. The van der Waals surface area contributed by atoms with Gasteiger partial charge in [-0.3, -0.25) is 9.79 Å². The molecule has 0 aromatic heterocycles. The molecular weight excluding hydrogens is 288 g/mol. The Bertz CT molecular complexity index is 607. The van der Waals surface area contributed by atoms with Crippen LogP contribution >= 0.6 is 0 Å². The second-order valence-electron chi connectivity index (χ2n) is 6.98. The third-order valence-electron chi connectivity index (χ3n) is 4.57. The summed E-state index contributed by atoms with van der Waals surface area (Å²) in [4.78, 5) is 18.4. The molecule has 1 aliphatic heterocycles. The van der Waals surface area contributed by atoms with Gasteiger partial charge in [0.05, 0.1) is 0 Å². The van der Waals surface area contributed by atoms with Crippen molar-refractivity contribution in [2.24, 2.45) is 16.6 Å². The zero-order valence-electron chi connectivity index (χ0n) is 14.0. The number of benzene rings is 1. The predicted octanol–water partition coefficient (Wildman–Crippen LogP) is 2.55. The van der Waals surface area contributed by atoms with E-state index in [4.69, 9.17) is 5.73 Å². The monoisotopic (exact) mass is 314 g/mol. The molecule has 1 saturated heterocycles. The number of nitrogens with one attached hydrogen (secondary N) is 1. The van der Waals surface area contributed by atoms with Crippen LogP contribution in [0, 0.1) is 5.92 Å². The van der Waals surface area contributed by atoms with E-state index in [0.717, 1.165) is 25.1 Å². The van der Waals surface area contributed by atoms with Gasteiger partial charge < -0.3 is 16.0 Å². The van der Waals surface area contributed by atoms with Crippen LogP contribution in [0.5, 0.6) is 0 Å². The molecule has 1 aromatic rings. The summed E-state index contributed by atoms with van der Waals surface area (Å²) < 4.78 is 0. The molecule has 1 aromatic carbocycles. The van der Waals surface area contributed by atoms with Crippen LogP contribution < -0.4 is 11.1 Å². The lowest BCUT2D eigenvalue weighted by molar-refractivity contribution is -0.128. The predicted molar refractivity (Wildman–Crippen MR) is 93.5 cm³/mol. The fourth-order valence-electron chi connectivity index (χ4n) is 3.06. The van der Waals surface area contributed by atoms with Gasteiger partial charge in [-0.15, -0.1) is 0 Å². The van der Waals surface area contributed by atoms with Gasteiger partial charge in [-0.05, 0) is 36.5 Å². The second-order valence-corrected chi connectivity index (χ2v) is 6.98. The van der Waals surface area contributed by atoms with Gasteiger partial charge in [0.1, 0.15) is 0 Å². The minimum atomic E-state index is 0.281. The third-order valence-corrected chi connectivity index (χ3v) is 4.57. The van der Waals surface area contributed by atoms with Crippen molar-refractivity contribution in [1.82, 2.24) is 4.90 Å². The first kappa shape index (κ1) is 15.8. The maximum Gasteiger partial charge on any atom is 0.223 e. The number of hydrogen-bond acceptors (Lipinski definition) is 2. The van der Waals surface area contributed by atoms with Crippen LogP contribution in [0.15, 0.2) is 29.3 Å². The lowest BCUT2D eigenvalue weighted by Crippen LogP contribution is -2.28. The summed E-state index contributed by atoms with van der Waals surface area (Å²) in [5.74, 6) is 1.48. The minimum Gasteiger partial charge on any atom is -0.370 e. The van der Waals surface area contributed by atoms with Crippen molar-refractivity contribution in [3.05, 3.63) is 29.8 Å². The van der Waals surface area contributed by atoms with Crippen LogP contribution in [0.1, 0.15) is 44.6 Å². The number of carbonyl (C=O) groups is 1. The summed E-state index contributed by atoms with van der Waals surface area (Å²) in [7, 11) is 0. The van der Waals surface area contributed by atoms with Crippen LogP contribution in [0.25, 0.3) is 0 Å². The average Bonchev–Trinajstić information content (AvgIpc) is 3.29. The average molecular weight is 314 g/mol. The third kappa shape index (κ3) is 4.03. The molecule has 2 aliphatic rings. The Morgan fingerprint density at radius 1 is 1.43 bits per heavy atom. The van der Waals surface area contributed by atoms with Crippen molar-refractivity contribution in [3.63, 3.8) is 0 Å². The molecule has 3 rings (SSSR count). The number of guanidine groups is 1. The maximum atomic E-state index is 11.9. The Balaban J connectivity index is 1.54. The van der Waals surface area contributed by atoms with E-state index in [9.17, 15) is 4.79 Å². The highest BCUT2D eigenvalue weighted by molar-refractivity contribution is 5.92. The molecule has 1 aliphatic carbocycles. The van der Waals surface area contributed by atoms with Gasteiger partial charge >= 0.3 is 0 Å². The van der Waals surface area contributed by atoms with E-state index in [-0.39, 0.29) is 5.91 Å². The van der Waals surface area contributed by atoms with Crippen molar-refractivity contribution in [2.75, 3.05) is 18.4 Å². The molecule has 0 bridgehead atoms. The second kappa shape index (κ2) is 6.60. The summed E-state index contributed by atoms with van der Waals surface area (Å²) in [5.41, 5.74) is 8.22. The van der Waals surface area contributed by atoms with Gasteiger partial charge in [0.25, 0.3) is 0 Å². The van der Waals surface area contributed by atoms with Crippen LogP contribution in [-0.4, -0.2) is 35.9 Å². The number of anilines is 1. The summed E-state index contributed by atoms with van der Waals surface area (Å²) in [6.07, 6.45) is 2.94. The van der Waals surface area contributed by atoms with Gasteiger partial charge in [0, 0.05) is 37.2 Å². The number of amides is 1. The standard InChI is InChI=1S/C18H26N4O/c1-12(2)14-4-3-5-15(9-14)21-18(19)20-10-13-8-17(23)22(11-13)16-6-7-16/h3-5,9,12-13,16H,6-8,10-11H2,1-2H3,(H3,19,20,21). The highest BCUT2D eigenvalue weighted by atomic mass is 16.2. The first-order valence-corrected chi connectivity index (χ1v) is 8.49. The summed E-state index contributed by atoms with van der Waals surface area (Å²) in [6.45, 7) is 5.78. The molecule has 3 N–H and O–H groups in total. The van der Waals surface area contributed by atoms with Crippen molar-refractivity contribution in [1.29, 1.82) is 0 Å². The molecule has 5 heteroatoms. The van der Waals surface area contributed by atoms with E-state index in [1.807, 2.05) is 17.0 Å². The molecule has 0 spiro atoms. The van der Waals surface area contributed by atoms with Crippen LogP contribution in [-0.2, 0) is 4.79 Å². The number of hydrogen-bond donors (Lipinski definition) is 2. The van der Waals surface area contributed by atoms with Gasteiger partial charge in [0.2, 0.25) is 5.91 Å². The molecular formula is C18H26N4O. The van der Waals surface area contributed by atoms with Crippen LogP contribution in [0.2, 0.25) is 0 Å². The van der Waals surface area contributed by atoms with E-state index in [1.165, 1.54) is 5.56 Å². The summed E-state index contributed by atoms with van der Waals surface area (Å²) in [6, 6.07) is 8.72. The van der Waals surface area contributed by atoms with Crippen molar-refractivity contribution < 1.29 is 4.79 Å². The fourth-order valence-corrected chi connectivity index (χ4v) is 3.06. The van der Waals surface area contributed by atoms with Crippen molar-refractivity contribution >= 4 is 17.6 Å². The lowest BCUT2D eigenvalue weighted by Gasteiger charge is -2.14. The van der Waals surface area contributed by atoms with Crippen LogP contribution in [0.4, 0.5) is 5.69 Å². The Kier molecular flexibility index (Phi) is 4.55. The largest absolute Gasteiger partial charge is 0.370 e. The highest BCUT2D eigenvalue weighted by Crippen LogP contribution is 2.32. The topological polar surface area (TPSA) is 70.7 Å². The molecule has 2 fully saturated rings. The van der Waals surface area contributed by atoms with E-state index < -0.39 is 0 Å². The van der Waals surface area contributed by atoms with Gasteiger partial charge in [0.15, 0.2) is 5.96 Å². The van der Waals surface area contributed by atoms with E-state index in [2.05, 4.69) is 36.3 Å². The summed E-state index contributed by atoms with van der Waals surface area (Å²) >= 11 is 0. The summed E-state index contributed by atoms with van der Waals surface area (Å²) in [5, 5.41) is 3.15. The molecule has 0 radical (unpaired) electrons. The van der Waals surface area contributed by atoms with E-state index in [1.54, 1.807) is 0 Å². The Hall–Kier alpha value is -2.04. The zero-order valence-corrected chi connectivity index (χ0v) is 14.0. The molecule has 1 amide bonds. The molecule has 5 nitrogen and oxygen atoms in total. The highest BCUT2D eigenvalue weighted by Gasteiger charge is 2.39. The Labute approximate surface area is 138 Å². The van der Waals surface area contributed by atoms with Crippen molar-refractivity contribution in [2.45, 2.75) is 45.1 Å². The molecule has 124 valence electrons. The first-order chi connectivity index (χ1) is 11.0. The minimum absolute atomic E-state index is 0.281. The number of carbonyl (C=O) groups excluding carboxylic acids is 1. The number of likely N-dealkylation sites (tertiary alicyclic amines) is 1. The number of aliphatic imine (C=N–C) groups is 1. The SMILES string of the molecule is CC(C)c1cccc(NC(N)=NCC2CC(=O)N(C3CC3)C2)c1. The molecule has 1 saturated carbocycles. The first-order valence-electron chi connectivity index (χ1n) is 8.49. The Morgan fingerprint density at radius 2 is 2.22 bits per heavy atom. The number of nitrogens with two attached hydrogens (primary N) is 1. The van der Waals surface area contributed by atoms with Crippen LogP contribution in [0.3, 0.4) is 0 Å². The van der Waals surface area contributed by atoms with Gasteiger partial charge in [-0.2, -0.15) is 0 Å². The maximum absolute atomic E-state index is 11.9. The molecule has 1 atom stereocenters. The zero-order chi connectivity index (χ0) is 16.4. The van der Waals surface area contributed by atoms with E-state index >= 15 is 0 Å². The number of rotatable bonds is 5. The molecule has 1 unspecified atom stereocenters. The van der Waals surface area contributed by atoms with E-state index in [0.29, 0.717) is 36.8 Å². The quantitative estimate of drug-likeness (QED) is 0.648. The van der Waals surface area contributed by atoms with Gasteiger partial charge in [-0.25, -0.2) is 0 Å². The van der Waals surface area contributed by atoms with Crippen molar-refractivity contribution in [3.8, 4) is 0 Å². The number of nitrogens with zero attached hydrogens (tertiary/aromatic N) is 2. The normalized spacial score (nSPS) is 22.0.